The quantitative estimate of drug-likeness (QED) is 0.892. The molecule has 0 aliphatic carbocycles. The normalized spacial score (nSPS) is 11.8. The van der Waals surface area contributed by atoms with E-state index in [1.807, 2.05) is 29.8 Å². The van der Waals surface area contributed by atoms with Gasteiger partial charge in [0, 0.05) is 20.1 Å². The van der Waals surface area contributed by atoms with Crippen LogP contribution in [0.5, 0.6) is 0 Å². The van der Waals surface area contributed by atoms with Crippen LogP contribution in [0.25, 0.3) is 0 Å². The Morgan fingerprint density at radius 3 is 2.65 bits per heavy atom. The Labute approximate surface area is 124 Å². The van der Waals surface area contributed by atoms with Crippen LogP contribution in [0.1, 0.15) is 12.5 Å². The van der Waals surface area contributed by atoms with Crippen molar-refractivity contribution in [2.75, 3.05) is 18.9 Å². The Bertz CT molecular complexity index is 652. The number of nitrogens with zero attached hydrogens (tertiary/aromatic N) is 1. The number of hydrogen-bond donors (Lipinski definition) is 1. The number of thiophene rings is 1. The summed E-state index contributed by atoms with van der Waals surface area (Å²) in [6, 6.07) is 8.93. The first-order valence-corrected chi connectivity index (χ1v) is 8.74. The van der Waals surface area contributed by atoms with E-state index in [0.717, 1.165) is 5.56 Å². The highest BCUT2D eigenvalue weighted by atomic mass is 32.2. The minimum Gasteiger partial charge on any atom is -0.384 e. The molecule has 1 aromatic carbocycles. The van der Waals surface area contributed by atoms with Gasteiger partial charge in [0.15, 0.2) is 0 Å². The average Bonchev–Trinajstić information content (AvgIpc) is 2.92. The standard InChI is InChI=1S/C14H18N2O2S2/c1-3-15-13-6-4-5-7-14(13)20(17,18)16(2)10-12-8-9-19-11-12/h4-9,11,15H,3,10H2,1-2H3. The molecule has 0 spiro atoms. The molecule has 20 heavy (non-hydrogen) atoms. The summed E-state index contributed by atoms with van der Waals surface area (Å²) >= 11 is 1.57. The van der Waals surface area contributed by atoms with Gasteiger partial charge in [-0.1, -0.05) is 12.1 Å². The molecule has 0 unspecified atom stereocenters. The molecule has 0 aliphatic rings. The molecule has 0 atom stereocenters. The van der Waals surface area contributed by atoms with Crippen molar-refractivity contribution in [3.63, 3.8) is 0 Å². The van der Waals surface area contributed by atoms with Crippen molar-refractivity contribution in [1.29, 1.82) is 0 Å². The largest absolute Gasteiger partial charge is 0.384 e. The molecule has 108 valence electrons. The summed E-state index contributed by atoms with van der Waals surface area (Å²) in [4.78, 5) is 0.319. The number of para-hydroxylation sites is 1. The van der Waals surface area contributed by atoms with Crippen molar-refractivity contribution >= 4 is 27.0 Å². The van der Waals surface area contributed by atoms with Gasteiger partial charge in [-0.2, -0.15) is 15.6 Å². The van der Waals surface area contributed by atoms with Gasteiger partial charge >= 0.3 is 0 Å². The highest BCUT2D eigenvalue weighted by Crippen LogP contribution is 2.24. The molecule has 1 aromatic heterocycles. The molecule has 4 nitrogen and oxygen atoms in total. The molecular formula is C14H18N2O2S2. The number of benzene rings is 1. The summed E-state index contributed by atoms with van der Waals surface area (Å²) in [5.74, 6) is 0. The fraction of sp³-hybridized carbons (Fsp3) is 0.286. The second-order valence-corrected chi connectivity index (χ2v) is 7.21. The van der Waals surface area contributed by atoms with Crippen LogP contribution >= 0.6 is 11.3 Å². The van der Waals surface area contributed by atoms with Crippen LogP contribution in [-0.4, -0.2) is 26.3 Å². The third-order valence-corrected chi connectivity index (χ3v) is 5.52. The molecule has 0 amide bonds. The van der Waals surface area contributed by atoms with Crippen LogP contribution in [0.3, 0.4) is 0 Å². The molecule has 0 radical (unpaired) electrons. The lowest BCUT2D eigenvalue weighted by molar-refractivity contribution is 0.467. The van der Waals surface area contributed by atoms with E-state index in [2.05, 4.69) is 5.32 Å². The van der Waals surface area contributed by atoms with Gasteiger partial charge in [-0.3, -0.25) is 0 Å². The zero-order valence-corrected chi connectivity index (χ0v) is 13.2. The fourth-order valence-corrected chi connectivity index (χ4v) is 3.90. The number of anilines is 1. The Morgan fingerprint density at radius 1 is 1.25 bits per heavy atom. The summed E-state index contributed by atoms with van der Waals surface area (Å²) in [5, 5.41) is 7.00. The van der Waals surface area contributed by atoms with Gasteiger partial charge in [-0.15, -0.1) is 0 Å². The van der Waals surface area contributed by atoms with Gasteiger partial charge in [-0.05, 0) is 41.4 Å². The van der Waals surface area contributed by atoms with Crippen LogP contribution in [0.15, 0.2) is 46.0 Å². The summed E-state index contributed by atoms with van der Waals surface area (Å²) in [7, 11) is -1.89. The lowest BCUT2D eigenvalue weighted by Crippen LogP contribution is -2.27. The second kappa shape index (κ2) is 6.39. The molecule has 6 heteroatoms. The van der Waals surface area contributed by atoms with Crippen LogP contribution in [0.2, 0.25) is 0 Å². The Balaban J connectivity index is 2.30. The predicted molar refractivity (Wildman–Crippen MR) is 83.6 cm³/mol. The molecule has 0 saturated carbocycles. The zero-order valence-electron chi connectivity index (χ0n) is 11.5. The van der Waals surface area contributed by atoms with E-state index >= 15 is 0 Å². The number of sulfonamides is 1. The first kappa shape index (κ1) is 15.0. The monoisotopic (exact) mass is 310 g/mol. The van der Waals surface area contributed by atoms with Crippen molar-refractivity contribution < 1.29 is 8.42 Å². The van der Waals surface area contributed by atoms with Crippen molar-refractivity contribution in [3.8, 4) is 0 Å². The molecular weight excluding hydrogens is 292 g/mol. The van der Waals surface area contributed by atoms with E-state index in [9.17, 15) is 8.42 Å². The van der Waals surface area contributed by atoms with Gasteiger partial charge in [0.25, 0.3) is 0 Å². The van der Waals surface area contributed by atoms with Crippen LogP contribution in [-0.2, 0) is 16.6 Å². The van der Waals surface area contributed by atoms with Gasteiger partial charge in [-0.25, -0.2) is 8.42 Å². The van der Waals surface area contributed by atoms with Crippen molar-refractivity contribution in [3.05, 3.63) is 46.7 Å². The second-order valence-electron chi connectivity index (χ2n) is 4.42. The summed E-state index contributed by atoms with van der Waals surface area (Å²) in [5.41, 5.74) is 1.65. The minimum atomic E-state index is -3.49. The molecule has 1 N–H and O–H groups in total. The average molecular weight is 310 g/mol. The van der Waals surface area contributed by atoms with Gasteiger partial charge in [0.2, 0.25) is 10.0 Å². The molecule has 0 bridgehead atoms. The maximum absolute atomic E-state index is 12.6. The van der Waals surface area contributed by atoms with Gasteiger partial charge in [0.1, 0.15) is 4.90 Å². The summed E-state index contributed by atoms with van der Waals surface area (Å²) in [6.45, 7) is 3.01. The maximum atomic E-state index is 12.6. The summed E-state index contributed by atoms with van der Waals surface area (Å²) < 4.78 is 26.7. The van der Waals surface area contributed by atoms with E-state index in [1.165, 1.54) is 4.31 Å². The van der Waals surface area contributed by atoms with Gasteiger partial charge in [0.05, 0.1) is 5.69 Å². The minimum absolute atomic E-state index is 0.319. The van der Waals surface area contributed by atoms with E-state index < -0.39 is 10.0 Å². The molecule has 0 aliphatic heterocycles. The SMILES string of the molecule is CCNc1ccccc1S(=O)(=O)N(C)Cc1ccsc1. The maximum Gasteiger partial charge on any atom is 0.245 e. The Hall–Kier alpha value is -1.37. The fourth-order valence-electron chi connectivity index (χ4n) is 1.92. The highest BCUT2D eigenvalue weighted by molar-refractivity contribution is 7.89. The van der Waals surface area contributed by atoms with Gasteiger partial charge < -0.3 is 5.32 Å². The first-order valence-electron chi connectivity index (χ1n) is 6.36. The van der Waals surface area contributed by atoms with E-state index in [0.29, 0.717) is 23.7 Å². The summed E-state index contributed by atoms with van der Waals surface area (Å²) in [6.07, 6.45) is 0. The van der Waals surface area contributed by atoms with Crippen LogP contribution < -0.4 is 5.32 Å². The molecule has 2 aromatic rings. The van der Waals surface area contributed by atoms with E-state index in [1.54, 1.807) is 36.6 Å². The smallest absolute Gasteiger partial charge is 0.245 e. The topological polar surface area (TPSA) is 49.4 Å². The molecule has 0 fully saturated rings. The van der Waals surface area contributed by atoms with Crippen molar-refractivity contribution in [2.45, 2.75) is 18.4 Å². The zero-order chi connectivity index (χ0) is 14.6. The number of rotatable bonds is 6. The van der Waals surface area contributed by atoms with Crippen molar-refractivity contribution in [2.24, 2.45) is 0 Å². The number of hydrogen-bond acceptors (Lipinski definition) is 4. The predicted octanol–water partition coefficient (Wildman–Crippen LogP) is 3.00. The lowest BCUT2D eigenvalue weighted by atomic mass is 10.3. The van der Waals surface area contributed by atoms with E-state index in [-0.39, 0.29) is 0 Å². The lowest BCUT2D eigenvalue weighted by Gasteiger charge is -2.19. The molecule has 2 rings (SSSR count). The highest BCUT2D eigenvalue weighted by Gasteiger charge is 2.23. The molecule has 1 heterocycles. The first-order chi connectivity index (χ1) is 9.55. The van der Waals surface area contributed by atoms with Crippen molar-refractivity contribution in [1.82, 2.24) is 4.31 Å². The Morgan fingerprint density at radius 2 is 2.00 bits per heavy atom. The Kier molecular flexibility index (Phi) is 4.80. The molecule has 0 saturated heterocycles. The van der Waals surface area contributed by atoms with Crippen LogP contribution in [0, 0.1) is 0 Å². The van der Waals surface area contributed by atoms with Crippen LogP contribution in [0.4, 0.5) is 5.69 Å². The third kappa shape index (κ3) is 3.20. The van der Waals surface area contributed by atoms with E-state index in [4.69, 9.17) is 0 Å². The number of nitrogens with one attached hydrogen (secondary N) is 1. The third-order valence-electron chi connectivity index (χ3n) is 2.93.